The van der Waals surface area contributed by atoms with Crippen LogP contribution in [0, 0.1) is 0 Å². The first-order valence-corrected chi connectivity index (χ1v) is 7.04. The maximum Gasteiger partial charge on any atom is 0.133 e. The quantitative estimate of drug-likeness (QED) is 0.696. The number of likely N-dealkylation sites (N-methyl/N-ethyl adjacent to an activating group) is 2. The molecule has 1 aromatic carbocycles. The first-order valence-electron chi connectivity index (χ1n) is 7.04. The van der Waals surface area contributed by atoms with Crippen molar-refractivity contribution in [1.29, 1.82) is 0 Å². The topological polar surface area (TPSA) is 22.1 Å². The van der Waals surface area contributed by atoms with Gasteiger partial charge in [0.15, 0.2) is 0 Å². The van der Waals surface area contributed by atoms with Crippen molar-refractivity contribution in [2.24, 2.45) is 4.99 Å². The van der Waals surface area contributed by atoms with E-state index in [-0.39, 0.29) is 0 Å². The molecular formula is C15H22N4. The van der Waals surface area contributed by atoms with Crippen LogP contribution in [0.5, 0.6) is 0 Å². The fourth-order valence-corrected chi connectivity index (χ4v) is 2.80. The first kappa shape index (κ1) is 12.5. The highest BCUT2D eigenvalue weighted by atomic mass is 15.3. The molecule has 19 heavy (non-hydrogen) atoms. The molecule has 2 aliphatic heterocycles. The van der Waals surface area contributed by atoms with Crippen LogP contribution in [0.4, 0.5) is 5.69 Å². The van der Waals surface area contributed by atoms with E-state index in [2.05, 4.69) is 53.1 Å². The Bertz CT molecular complexity index is 475. The number of rotatable bonds is 0. The van der Waals surface area contributed by atoms with Crippen molar-refractivity contribution in [3.8, 4) is 0 Å². The van der Waals surface area contributed by atoms with Crippen LogP contribution in [0.2, 0.25) is 0 Å². The fourth-order valence-electron chi connectivity index (χ4n) is 2.80. The number of piperazine rings is 1. The van der Waals surface area contributed by atoms with Gasteiger partial charge in [0.1, 0.15) is 5.84 Å². The second-order valence-corrected chi connectivity index (χ2v) is 5.43. The third kappa shape index (κ3) is 2.45. The molecule has 2 heterocycles. The van der Waals surface area contributed by atoms with E-state index >= 15 is 0 Å². The van der Waals surface area contributed by atoms with E-state index in [0.717, 1.165) is 39.3 Å². The molecule has 1 saturated heterocycles. The molecule has 0 spiro atoms. The highest BCUT2D eigenvalue weighted by molar-refractivity contribution is 6.04. The number of fused-ring (bicyclic) bond motifs is 1. The summed E-state index contributed by atoms with van der Waals surface area (Å²) in [6, 6.07) is 8.63. The largest absolute Gasteiger partial charge is 0.372 e. The fraction of sp³-hybridized carbons (Fsp3) is 0.533. The third-order valence-electron chi connectivity index (χ3n) is 4.06. The maximum atomic E-state index is 4.85. The Kier molecular flexibility index (Phi) is 3.42. The molecule has 0 aromatic heterocycles. The van der Waals surface area contributed by atoms with Gasteiger partial charge in [-0.2, -0.15) is 0 Å². The molecule has 102 valence electrons. The summed E-state index contributed by atoms with van der Waals surface area (Å²) in [7, 11) is 4.34. The predicted octanol–water partition coefficient (Wildman–Crippen LogP) is 1.13. The minimum absolute atomic E-state index is 0.882. The van der Waals surface area contributed by atoms with Gasteiger partial charge in [-0.25, -0.2) is 0 Å². The van der Waals surface area contributed by atoms with Gasteiger partial charge in [0.25, 0.3) is 0 Å². The van der Waals surface area contributed by atoms with Crippen LogP contribution in [0.1, 0.15) is 5.56 Å². The number of aliphatic imine (C=N–C) groups is 1. The number of benzodiazepines with no additional fused rings is 1. The van der Waals surface area contributed by atoms with Gasteiger partial charge in [0.05, 0.1) is 6.54 Å². The molecule has 0 bridgehead atoms. The third-order valence-corrected chi connectivity index (χ3v) is 4.06. The summed E-state index contributed by atoms with van der Waals surface area (Å²) in [5, 5.41) is 0. The summed E-state index contributed by atoms with van der Waals surface area (Å²) in [4.78, 5) is 12.0. The van der Waals surface area contributed by atoms with Crippen molar-refractivity contribution in [1.82, 2.24) is 9.80 Å². The Hall–Kier alpha value is -1.55. The normalized spacial score (nSPS) is 20.8. The molecule has 1 fully saturated rings. The highest BCUT2D eigenvalue weighted by Crippen LogP contribution is 2.24. The van der Waals surface area contributed by atoms with Crippen LogP contribution < -0.4 is 4.90 Å². The van der Waals surface area contributed by atoms with Crippen molar-refractivity contribution in [3.05, 3.63) is 29.8 Å². The number of hydrogen-bond donors (Lipinski definition) is 0. The van der Waals surface area contributed by atoms with Gasteiger partial charge >= 0.3 is 0 Å². The lowest BCUT2D eigenvalue weighted by atomic mass is 10.1. The van der Waals surface area contributed by atoms with Gasteiger partial charge in [0, 0.05) is 51.0 Å². The summed E-state index contributed by atoms with van der Waals surface area (Å²) >= 11 is 0. The highest BCUT2D eigenvalue weighted by Gasteiger charge is 2.23. The number of nitrogens with zero attached hydrogens (tertiary/aromatic N) is 4. The minimum Gasteiger partial charge on any atom is -0.372 e. The first-order chi connectivity index (χ1) is 9.25. The predicted molar refractivity (Wildman–Crippen MR) is 80.2 cm³/mol. The van der Waals surface area contributed by atoms with E-state index in [1.165, 1.54) is 17.1 Å². The van der Waals surface area contributed by atoms with Gasteiger partial charge in [-0.05, 0) is 19.2 Å². The van der Waals surface area contributed by atoms with E-state index in [1.807, 2.05) is 0 Å². The smallest absolute Gasteiger partial charge is 0.133 e. The zero-order valence-corrected chi connectivity index (χ0v) is 11.8. The molecule has 1 aromatic rings. The Balaban J connectivity index is 1.92. The lowest BCUT2D eigenvalue weighted by Crippen LogP contribution is -2.47. The SMILES string of the molecule is CN1CCN(C2=NCCN(C)c3ccccc32)CC1. The van der Waals surface area contributed by atoms with E-state index in [4.69, 9.17) is 4.99 Å². The van der Waals surface area contributed by atoms with Crippen molar-refractivity contribution >= 4 is 11.5 Å². The average molecular weight is 258 g/mol. The summed E-state index contributed by atoms with van der Waals surface area (Å²) < 4.78 is 0. The molecule has 0 saturated carbocycles. The van der Waals surface area contributed by atoms with Gasteiger partial charge in [0.2, 0.25) is 0 Å². The molecular weight excluding hydrogens is 236 g/mol. The Labute approximate surface area is 115 Å². The van der Waals surface area contributed by atoms with Crippen LogP contribution >= 0.6 is 0 Å². The van der Waals surface area contributed by atoms with Crippen molar-refractivity contribution in [2.45, 2.75) is 0 Å². The van der Waals surface area contributed by atoms with Crippen molar-refractivity contribution < 1.29 is 0 Å². The van der Waals surface area contributed by atoms with E-state index in [1.54, 1.807) is 0 Å². The molecule has 0 unspecified atom stereocenters. The molecule has 0 aliphatic carbocycles. The van der Waals surface area contributed by atoms with E-state index < -0.39 is 0 Å². The van der Waals surface area contributed by atoms with Gasteiger partial charge in [-0.1, -0.05) is 12.1 Å². The van der Waals surface area contributed by atoms with Crippen molar-refractivity contribution in [2.75, 3.05) is 58.3 Å². The Morgan fingerprint density at radius 1 is 0.947 bits per heavy atom. The lowest BCUT2D eigenvalue weighted by Gasteiger charge is -2.35. The van der Waals surface area contributed by atoms with Gasteiger partial charge in [-0.15, -0.1) is 0 Å². The van der Waals surface area contributed by atoms with E-state index in [0.29, 0.717) is 0 Å². The van der Waals surface area contributed by atoms with Crippen LogP contribution in [0.25, 0.3) is 0 Å². The minimum atomic E-state index is 0.882. The number of hydrogen-bond acceptors (Lipinski definition) is 4. The lowest BCUT2D eigenvalue weighted by molar-refractivity contribution is 0.215. The summed E-state index contributed by atoms with van der Waals surface area (Å²) in [5.41, 5.74) is 2.59. The van der Waals surface area contributed by atoms with Gasteiger partial charge in [-0.3, -0.25) is 4.99 Å². The van der Waals surface area contributed by atoms with Crippen molar-refractivity contribution in [3.63, 3.8) is 0 Å². The number of benzene rings is 1. The summed E-state index contributed by atoms with van der Waals surface area (Å²) in [5.74, 6) is 1.19. The number of anilines is 1. The second-order valence-electron chi connectivity index (χ2n) is 5.43. The van der Waals surface area contributed by atoms with Crippen LogP contribution in [0.3, 0.4) is 0 Å². The second kappa shape index (κ2) is 5.21. The zero-order chi connectivity index (χ0) is 13.2. The molecule has 0 amide bonds. The molecule has 0 N–H and O–H groups in total. The summed E-state index contributed by atoms with van der Waals surface area (Å²) in [6.07, 6.45) is 0. The molecule has 3 rings (SSSR count). The standard InChI is InChI=1S/C15H22N4/c1-17-9-11-19(12-10-17)15-13-5-3-4-6-14(13)18(2)8-7-16-15/h3-6H,7-12H2,1-2H3. The summed E-state index contributed by atoms with van der Waals surface area (Å²) in [6.45, 7) is 6.27. The maximum absolute atomic E-state index is 4.85. The van der Waals surface area contributed by atoms with Crippen LogP contribution in [-0.2, 0) is 0 Å². The molecule has 0 radical (unpaired) electrons. The van der Waals surface area contributed by atoms with Crippen LogP contribution in [0.15, 0.2) is 29.3 Å². The Morgan fingerprint density at radius 2 is 1.68 bits per heavy atom. The molecule has 4 heteroatoms. The average Bonchev–Trinajstić information content (AvgIpc) is 2.60. The van der Waals surface area contributed by atoms with Gasteiger partial charge < -0.3 is 14.7 Å². The number of para-hydroxylation sites is 1. The zero-order valence-electron chi connectivity index (χ0n) is 11.8. The monoisotopic (exact) mass is 258 g/mol. The molecule has 0 atom stereocenters. The molecule has 4 nitrogen and oxygen atoms in total. The Morgan fingerprint density at radius 3 is 2.47 bits per heavy atom. The molecule has 2 aliphatic rings. The number of amidine groups is 1. The van der Waals surface area contributed by atoms with E-state index in [9.17, 15) is 0 Å². The van der Waals surface area contributed by atoms with Crippen LogP contribution in [-0.4, -0.2) is 69.0 Å².